The highest BCUT2D eigenvalue weighted by molar-refractivity contribution is 5.97. The Hall–Kier alpha value is -1.33. The Bertz CT molecular complexity index is 513. The van der Waals surface area contributed by atoms with E-state index in [1.54, 1.807) is 19.2 Å². The van der Waals surface area contributed by atoms with Gasteiger partial charge < -0.3 is 15.3 Å². The summed E-state index contributed by atoms with van der Waals surface area (Å²) < 4.78 is 0.938. The van der Waals surface area contributed by atoms with Crippen LogP contribution < -0.4 is 0 Å². The van der Waals surface area contributed by atoms with Gasteiger partial charge in [-0.15, -0.1) is 0 Å². The van der Waals surface area contributed by atoms with Crippen molar-refractivity contribution < 1.29 is 9.85 Å². The quantitative estimate of drug-likeness (QED) is 0.631. The summed E-state index contributed by atoms with van der Waals surface area (Å²) in [5.74, 6) is 0. The SMILES string of the molecule is CN1C(C)(C)C(C(C)(O)c2ccc[nH]2)=[N+]([O-])C1(C)C. The predicted octanol–water partition coefficient (Wildman–Crippen LogP) is 1.63. The summed E-state index contributed by atoms with van der Waals surface area (Å²) in [5, 5.41) is 23.6. The fourth-order valence-electron chi connectivity index (χ4n) is 3.06. The Kier molecular flexibility index (Phi) is 2.84. The zero-order valence-corrected chi connectivity index (χ0v) is 12.5. The van der Waals surface area contributed by atoms with Crippen molar-refractivity contribution >= 4 is 5.71 Å². The Balaban J connectivity index is 2.64. The van der Waals surface area contributed by atoms with E-state index in [-0.39, 0.29) is 0 Å². The molecule has 19 heavy (non-hydrogen) atoms. The first-order valence-electron chi connectivity index (χ1n) is 6.49. The molecule has 0 saturated carbocycles. The summed E-state index contributed by atoms with van der Waals surface area (Å²) in [6, 6.07) is 3.61. The molecule has 1 aromatic heterocycles. The Labute approximate surface area is 114 Å². The maximum Gasteiger partial charge on any atom is 0.224 e. The Morgan fingerprint density at radius 2 is 1.95 bits per heavy atom. The van der Waals surface area contributed by atoms with Crippen LogP contribution in [-0.2, 0) is 5.60 Å². The van der Waals surface area contributed by atoms with E-state index >= 15 is 0 Å². The number of nitrogens with one attached hydrogen (secondary N) is 1. The summed E-state index contributed by atoms with van der Waals surface area (Å²) in [4.78, 5) is 4.99. The molecule has 0 bridgehead atoms. The van der Waals surface area contributed by atoms with Crippen molar-refractivity contribution in [2.45, 2.75) is 51.4 Å². The molecule has 0 spiro atoms. The van der Waals surface area contributed by atoms with Crippen LogP contribution in [0.3, 0.4) is 0 Å². The molecule has 1 atom stereocenters. The molecule has 0 aromatic carbocycles. The number of H-pyrrole nitrogens is 1. The second kappa shape index (κ2) is 3.84. The molecular formula is C14H23N3O2. The lowest BCUT2D eigenvalue weighted by atomic mass is 9.83. The molecule has 106 valence electrons. The maximum atomic E-state index is 12.7. The van der Waals surface area contributed by atoms with Gasteiger partial charge in [-0.2, -0.15) is 4.74 Å². The number of hydrogen-bond donors (Lipinski definition) is 2. The molecule has 0 amide bonds. The summed E-state index contributed by atoms with van der Waals surface area (Å²) in [6.45, 7) is 9.30. The summed E-state index contributed by atoms with van der Waals surface area (Å²) in [6.07, 6.45) is 1.75. The van der Waals surface area contributed by atoms with Crippen LogP contribution in [0, 0.1) is 5.21 Å². The van der Waals surface area contributed by atoms with Gasteiger partial charge in [-0.25, -0.2) is 4.90 Å². The van der Waals surface area contributed by atoms with Crippen LogP contribution in [0.1, 0.15) is 40.3 Å². The second-order valence-electron chi connectivity index (χ2n) is 6.41. The molecule has 1 aromatic rings. The van der Waals surface area contributed by atoms with E-state index in [4.69, 9.17) is 0 Å². The number of aromatic nitrogens is 1. The van der Waals surface area contributed by atoms with Crippen molar-refractivity contribution in [3.05, 3.63) is 29.2 Å². The lowest BCUT2D eigenvalue weighted by molar-refractivity contribution is -0.559. The van der Waals surface area contributed by atoms with Crippen molar-refractivity contribution in [3.63, 3.8) is 0 Å². The minimum atomic E-state index is -1.32. The number of hydrogen-bond acceptors (Lipinski definition) is 3. The van der Waals surface area contributed by atoms with Gasteiger partial charge in [0.1, 0.15) is 5.54 Å². The van der Waals surface area contributed by atoms with Gasteiger partial charge in [0.15, 0.2) is 5.60 Å². The first-order chi connectivity index (χ1) is 8.54. The highest BCUT2D eigenvalue weighted by Crippen LogP contribution is 2.39. The highest BCUT2D eigenvalue weighted by atomic mass is 16.5. The second-order valence-corrected chi connectivity index (χ2v) is 6.41. The summed E-state index contributed by atoms with van der Waals surface area (Å²) in [5.41, 5.74) is -1.45. The van der Waals surface area contributed by atoms with E-state index in [2.05, 4.69) is 4.98 Å². The predicted molar refractivity (Wildman–Crippen MR) is 74.9 cm³/mol. The van der Waals surface area contributed by atoms with Crippen LogP contribution in [0.15, 0.2) is 18.3 Å². The van der Waals surface area contributed by atoms with Crippen molar-refractivity contribution in [1.29, 1.82) is 0 Å². The zero-order chi connectivity index (χ0) is 14.6. The number of nitrogens with zero attached hydrogens (tertiary/aromatic N) is 2. The number of hydroxylamine groups is 1. The lowest BCUT2D eigenvalue weighted by Gasteiger charge is -2.34. The average Bonchev–Trinajstić information content (AvgIpc) is 2.84. The number of aliphatic hydroxyl groups is 1. The van der Waals surface area contributed by atoms with Gasteiger partial charge >= 0.3 is 0 Å². The molecular weight excluding hydrogens is 242 g/mol. The van der Waals surface area contributed by atoms with Gasteiger partial charge in [-0.1, -0.05) is 0 Å². The smallest absolute Gasteiger partial charge is 0.224 e. The van der Waals surface area contributed by atoms with Crippen molar-refractivity contribution in [1.82, 2.24) is 9.88 Å². The molecule has 1 aliphatic heterocycles. The number of aromatic amines is 1. The van der Waals surface area contributed by atoms with Gasteiger partial charge in [-0.3, -0.25) is 0 Å². The Morgan fingerprint density at radius 3 is 2.32 bits per heavy atom. The molecule has 1 aliphatic rings. The third-order valence-electron chi connectivity index (χ3n) is 4.52. The lowest BCUT2D eigenvalue weighted by Crippen LogP contribution is -2.54. The van der Waals surface area contributed by atoms with E-state index in [9.17, 15) is 10.3 Å². The third kappa shape index (κ3) is 1.72. The average molecular weight is 265 g/mol. The molecule has 0 aliphatic carbocycles. The van der Waals surface area contributed by atoms with Crippen LogP contribution in [0.25, 0.3) is 0 Å². The fourth-order valence-corrected chi connectivity index (χ4v) is 3.06. The molecule has 0 saturated heterocycles. The molecule has 2 heterocycles. The van der Waals surface area contributed by atoms with E-state index < -0.39 is 16.8 Å². The minimum absolute atomic E-state index is 0.454. The van der Waals surface area contributed by atoms with Crippen molar-refractivity contribution in [2.75, 3.05) is 7.05 Å². The first kappa shape index (κ1) is 14.1. The van der Waals surface area contributed by atoms with Crippen LogP contribution in [0.4, 0.5) is 0 Å². The van der Waals surface area contributed by atoms with Gasteiger partial charge in [0.2, 0.25) is 11.4 Å². The van der Waals surface area contributed by atoms with Crippen molar-refractivity contribution in [2.24, 2.45) is 0 Å². The van der Waals surface area contributed by atoms with Crippen LogP contribution >= 0.6 is 0 Å². The fraction of sp³-hybridized carbons (Fsp3) is 0.643. The van der Waals surface area contributed by atoms with Crippen LogP contribution in [0.5, 0.6) is 0 Å². The standard InChI is InChI=1S/C14H23N3O2/c1-12(2)11(17(19)13(3,4)16(12)6)14(5,18)10-8-7-9-15-10/h7-9,15,18H,1-6H3. The van der Waals surface area contributed by atoms with Crippen LogP contribution in [0.2, 0.25) is 0 Å². The topological polar surface area (TPSA) is 65.3 Å². The number of rotatable bonds is 2. The van der Waals surface area contributed by atoms with Crippen molar-refractivity contribution in [3.8, 4) is 0 Å². The summed E-state index contributed by atoms with van der Waals surface area (Å²) >= 11 is 0. The van der Waals surface area contributed by atoms with Gasteiger partial charge in [-0.05, 0) is 40.0 Å². The maximum absolute atomic E-state index is 12.7. The normalized spacial score (nSPS) is 25.6. The molecule has 5 heteroatoms. The van der Waals surface area contributed by atoms with E-state index in [0.717, 1.165) is 4.74 Å². The van der Waals surface area contributed by atoms with Gasteiger partial charge in [0.25, 0.3) is 0 Å². The van der Waals surface area contributed by atoms with E-state index in [1.807, 2.05) is 45.7 Å². The third-order valence-corrected chi connectivity index (χ3v) is 4.52. The van der Waals surface area contributed by atoms with E-state index in [1.165, 1.54) is 0 Å². The van der Waals surface area contributed by atoms with E-state index in [0.29, 0.717) is 11.4 Å². The zero-order valence-electron chi connectivity index (χ0n) is 12.5. The van der Waals surface area contributed by atoms with Crippen LogP contribution in [-0.4, -0.2) is 43.7 Å². The molecule has 0 fully saturated rings. The molecule has 5 nitrogen and oxygen atoms in total. The monoisotopic (exact) mass is 265 g/mol. The van der Waals surface area contributed by atoms with Gasteiger partial charge in [0.05, 0.1) is 5.69 Å². The molecule has 1 unspecified atom stereocenters. The minimum Gasteiger partial charge on any atom is -0.622 e. The first-order valence-corrected chi connectivity index (χ1v) is 6.49. The molecule has 2 rings (SSSR count). The highest BCUT2D eigenvalue weighted by Gasteiger charge is 2.60. The largest absolute Gasteiger partial charge is 0.622 e. The molecule has 2 N–H and O–H groups in total. The Morgan fingerprint density at radius 1 is 1.37 bits per heavy atom. The summed E-state index contributed by atoms with van der Waals surface area (Å²) in [7, 11) is 1.91. The van der Waals surface area contributed by atoms with Gasteiger partial charge in [0, 0.05) is 20.0 Å². The molecule has 0 radical (unpaired) electrons.